The zero-order valence-electron chi connectivity index (χ0n) is 8.58. The van der Waals surface area contributed by atoms with Gasteiger partial charge in [-0.15, -0.1) is 0 Å². The molecule has 0 unspecified atom stereocenters. The van der Waals surface area contributed by atoms with Crippen LogP contribution in [0.1, 0.15) is 26.2 Å². The molecule has 0 aromatic rings. The van der Waals surface area contributed by atoms with E-state index < -0.39 is 12.0 Å². The molecular weight excluding hydrogens is 249 g/mol. The second kappa shape index (κ2) is 7.83. The summed E-state index contributed by atoms with van der Waals surface area (Å²) < 4.78 is 0. The van der Waals surface area contributed by atoms with Crippen LogP contribution < -0.4 is 5.32 Å². The van der Waals surface area contributed by atoms with Crippen molar-refractivity contribution in [2.24, 2.45) is 0 Å². The molecule has 2 N–H and O–H groups in total. The molecule has 0 bridgehead atoms. The molecule has 0 spiro atoms. The Morgan fingerprint density at radius 2 is 2.14 bits per heavy atom. The van der Waals surface area contributed by atoms with Crippen LogP contribution in [0, 0.1) is 0 Å². The Balaban J connectivity index is 3.95. The standard InChI is InChI=1S/C9H17NO3Se/c1-3-4-8(11)10-7(9(12)13)5-6-14-2/h7H,3-6H2,1-2H3,(H,10,11)(H,12,13)/t7-/m0/s1. The summed E-state index contributed by atoms with van der Waals surface area (Å²) in [5.41, 5.74) is 0. The molecule has 0 aliphatic rings. The minimum atomic E-state index is -0.932. The normalized spacial score (nSPS) is 12.1. The van der Waals surface area contributed by atoms with Crippen molar-refractivity contribution in [2.75, 3.05) is 0 Å². The van der Waals surface area contributed by atoms with Gasteiger partial charge in [-0.05, 0) is 0 Å². The van der Waals surface area contributed by atoms with Crippen LogP contribution in [0.25, 0.3) is 0 Å². The molecule has 4 nitrogen and oxygen atoms in total. The molecule has 0 saturated heterocycles. The van der Waals surface area contributed by atoms with Crippen LogP contribution in [-0.4, -0.2) is 38.0 Å². The maximum atomic E-state index is 11.2. The molecule has 5 heteroatoms. The predicted octanol–water partition coefficient (Wildman–Crippen LogP) is 0.917. The van der Waals surface area contributed by atoms with Crippen LogP contribution in [0.5, 0.6) is 0 Å². The van der Waals surface area contributed by atoms with Crippen LogP contribution in [0.15, 0.2) is 0 Å². The molecule has 0 heterocycles. The number of carboxylic acids is 1. The van der Waals surface area contributed by atoms with Crippen molar-refractivity contribution in [1.29, 1.82) is 0 Å². The number of aliphatic carboxylic acids is 1. The summed E-state index contributed by atoms with van der Waals surface area (Å²) >= 11 is 0.461. The van der Waals surface area contributed by atoms with E-state index in [4.69, 9.17) is 5.11 Å². The van der Waals surface area contributed by atoms with E-state index in [0.717, 1.165) is 11.7 Å². The monoisotopic (exact) mass is 267 g/mol. The van der Waals surface area contributed by atoms with Gasteiger partial charge in [0.25, 0.3) is 0 Å². The quantitative estimate of drug-likeness (QED) is 0.673. The molecule has 0 saturated carbocycles. The summed E-state index contributed by atoms with van der Waals surface area (Å²) in [6.07, 6.45) is 1.69. The van der Waals surface area contributed by atoms with Gasteiger partial charge >= 0.3 is 90.2 Å². The van der Waals surface area contributed by atoms with Crippen molar-refractivity contribution in [1.82, 2.24) is 5.32 Å². The SMILES string of the molecule is CCCC(=O)N[C@@H](CC[Se]C)C(=O)O. The summed E-state index contributed by atoms with van der Waals surface area (Å²) in [6, 6.07) is -0.698. The van der Waals surface area contributed by atoms with E-state index >= 15 is 0 Å². The van der Waals surface area contributed by atoms with Crippen molar-refractivity contribution < 1.29 is 14.7 Å². The van der Waals surface area contributed by atoms with E-state index in [1.807, 2.05) is 6.92 Å². The van der Waals surface area contributed by atoms with Gasteiger partial charge in [-0.3, -0.25) is 0 Å². The second-order valence-corrected chi connectivity index (χ2v) is 5.06. The Hall–Kier alpha value is -0.541. The summed E-state index contributed by atoms with van der Waals surface area (Å²) in [5, 5.41) is 12.2. The number of carbonyl (C=O) groups excluding carboxylic acids is 1. The summed E-state index contributed by atoms with van der Waals surface area (Å²) in [5.74, 6) is 0.960. The first-order valence-electron chi connectivity index (χ1n) is 4.63. The van der Waals surface area contributed by atoms with E-state index in [0.29, 0.717) is 27.8 Å². The van der Waals surface area contributed by atoms with E-state index in [1.54, 1.807) is 0 Å². The Morgan fingerprint density at radius 1 is 1.50 bits per heavy atom. The first-order valence-corrected chi connectivity index (χ1v) is 7.55. The Bertz CT molecular complexity index is 196. The maximum absolute atomic E-state index is 11.2. The number of nitrogens with one attached hydrogen (secondary N) is 1. The zero-order chi connectivity index (χ0) is 11.0. The molecule has 0 aliphatic carbocycles. The first kappa shape index (κ1) is 13.5. The molecule has 0 fully saturated rings. The minimum absolute atomic E-state index is 0.163. The van der Waals surface area contributed by atoms with E-state index in [1.165, 1.54) is 0 Å². The molecule has 0 aliphatic heterocycles. The average molecular weight is 266 g/mol. The Labute approximate surface area is 90.6 Å². The summed E-state index contributed by atoms with van der Waals surface area (Å²) in [7, 11) is 0. The van der Waals surface area contributed by atoms with Crippen LogP contribution >= 0.6 is 0 Å². The van der Waals surface area contributed by atoms with Crippen molar-refractivity contribution >= 4 is 26.8 Å². The van der Waals surface area contributed by atoms with Gasteiger partial charge in [-0.1, -0.05) is 0 Å². The van der Waals surface area contributed by atoms with E-state index in [2.05, 4.69) is 11.1 Å². The first-order chi connectivity index (χ1) is 6.61. The predicted molar refractivity (Wildman–Crippen MR) is 55.5 cm³/mol. The molecule has 82 valence electrons. The number of carboxylic acid groups (broad SMARTS) is 1. The second-order valence-electron chi connectivity index (χ2n) is 2.99. The fourth-order valence-electron chi connectivity index (χ4n) is 0.987. The number of rotatable bonds is 7. The van der Waals surface area contributed by atoms with E-state index in [-0.39, 0.29) is 5.91 Å². The Morgan fingerprint density at radius 3 is 2.57 bits per heavy atom. The molecule has 1 amide bonds. The molecule has 1 atom stereocenters. The number of amides is 1. The van der Waals surface area contributed by atoms with Gasteiger partial charge in [0.15, 0.2) is 0 Å². The van der Waals surface area contributed by atoms with Crippen molar-refractivity contribution in [3.63, 3.8) is 0 Å². The van der Waals surface area contributed by atoms with Crippen molar-refractivity contribution in [3.05, 3.63) is 0 Å². The molecule has 14 heavy (non-hydrogen) atoms. The van der Waals surface area contributed by atoms with Crippen LogP contribution in [-0.2, 0) is 9.59 Å². The summed E-state index contributed by atoms with van der Waals surface area (Å²) in [6.45, 7) is 1.89. The van der Waals surface area contributed by atoms with Gasteiger partial charge in [-0.25, -0.2) is 0 Å². The molecule has 0 radical (unpaired) electrons. The van der Waals surface area contributed by atoms with Gasteiger partial charge in [0.1, 0.15) is 0 Å². The van der Waals surface area contributed by atoms with Crippen LogP contribution in [0.3, 0.4) is 0 Å². The average Bonchev–Trinajstić information content (AvgIpc) is 2.12. The molecule has 0 aromatic carbocycles. The number of hydrogen-bond acceptors (Lipinski definition) is 2. The van der Waals surface area contributed by atoms with Gasteiger partial charge in [-0.2, -0.15) is 0 Å². The number of hydrogen-bond donors (Lipinski definition) is 2. The van der Waals surface area contributed by atoms with Gasteiger partial charge in [0.2, 0.25) is 0 Å². The fraction of sp³-hybridized carbons (Fsp3) is 0.778. The van der Waals surface area contributed by atoms with Crippen molar-refractivity contribution in [3.8, 4) is 0 Å². The Kier molecular flexibility index (Phi) is 7.52. The summed E-state index contributed by atoms with van der Waals surface area (Å²) in [4.78, 5) is 21.9. The van der Waals surface area contributed by atoms with Crippen LogP contribution in [0.2, 0.25) is 11.1 Å². The third kappa shape index (κ3) is 6.00. The topological polar surface area (TPSA) is 66.4 Å². The zero-order valence-corrected chi connectivity index (χ0v) is 10.3. The van der Waals surface area contributed by atoms with Crippen LogP contribution in [0.4, 0.5) is 0 Å². The molecule has 0 aromatic heterocycles. The van der Waals surface area contributed by atoms with E-state index in [9.17, 15) is 9.59 Å². The van der Waals surface area contributed by atoms with Gasteiger partial charge < -0.3 is 0 Å². The van der Waals surface area contributed by atoms with Crippen molar-refractivity contribution in [2.45, 2.75) is 43.4 Å². The van der Waals surface area contributed by atoms with Gasteiger partial charge in [0.05, 0.1) is 0 Å². The van der Waals surface area contributed by atoms with Gasteiger partial charge in [0, 0.05) is 0 Å². The third-order valence-corrected chi connectivity index (χ3v) is 3.07. The molecule has 0 rings (SSSR count). The molecular formula is C9H17NO3Se. The number of carbonyl (C=O) groups is 2. The third-order valence-electron chi connectivity index (χ3n) is 1.72. The fourth-order valence-corrected chi connectivity index (χ4v) is 1.98.